The number of rotatable bonds is 4. The molecule has 2 aliphatic heterocycles. The van der Waals surface area contributed by atoms with Gasteiger partial charge in [-0.15, -0.1) is 0 Å². The Kier molecular flexibility index (Phi) is 4.64. The molecule has 2 aromatic carbocycles. The van der Waals surface area contributed by atoms with Crippen LogP contribution in [0.5, 0.6) is 0 Å². The van der Waals surface area contributed by atoms with E-state index in [1.54, 1.807) is 0 Å². The Morgan fingerprint density at radius 2 is 1.81 bits per heavy atom. The molecule has 136 valence electrons. The molecule has 0 bridgehead atoms. The minimum Gasteiger partial charge on any atom is -0.592 e. The van der Waals surface area contributed by atoms with Crippen LogP contribution in [0.15, 0.2) is 81.9 Å². The number of benzene rings is 2. The Balaban J connectivity index is 1.45. The third-order valence-corrected chi connectivity index (χ3v) is 4.96. The van der Waals surface area contributed by atoms with Crippen molar-refractivity contribution in [1.82, 2.24) is 5.01 Å². The summed E-state index contributed by atoms with van der Waals surface area (Å²) in [7, 11) is 0. The molecule has 0 saturated heterocycles. The molecule has 0 amide bonds. The highest BCUT2D eigenvalue weighted by Gasteiger charge is 2.11. The standard InChI is InChI=1S/C21H19N4OS/c1-14-4-6-16(7-5-14)13-25-15(2)12-19(23-25)21-22-20(24-26-21)17-8-10-18(27-3)11-9-17/h4-12H,3,13H2,1-2H3/q-1/b21-19-. The van der Waals surface area contributed by atoms with Crippen molar-refractivity contribution < 1.29 is 4.84 Å². The first-order valence-corrected chi connectivity index (χ1v) is 9.57. The van der Waals surface area contributed by atoms with Gasteiger partial charge in [-0.25, -0.2) is 0 Å². The Morgan fingerprint density at radius 1 is 1.07 bits per heavy atom. The summed E-state index contributed by atoms with van der Waals surface area (Å²) < 4.78 is 0. The van der Waals surface area contributed by atoms with Crippen LogP contribution >= 0.6 is 0 Å². The first-order chi connectivity index (χ1) is 13.1. The minimum absolute atomic E-state index is 0.423. The maximum absolute atomic E-state index is 5.44. The zero-order valence-corrected chi connectivity index (χ0v) is 16.0. The number of aryl methyl sites for hydroxylation is 1. The van der Waals surface area contributed by atoms with Crippen molar-refractivity contribution in [2.24, 2.45) is 5.16 Å². The minimum atomic E-state index is 0.423. The van der Waals surface area contributed by atoms with Gasteiger partial charge in [0.1, 0.15) is 5.88 Å². The second kappa shape index (κ2) is 7.25. The van der Waals surface area contributed by atoms with Crippen molar-refractivity contribution in [3.8, 4) is 0 Å². The third kappa shape index (κ3) is 3.71. The molecule has 6 heteroatoms. The number of allylic oxidation sites excluding steroid dienone is 2. The second-order valence-corrected chi connectivity index (χ2v) is 7.17. The molecule has 0 saturated carbocycles. The van der Waals surface area contributed by atoms with Gasteiger partial charge in [0.15, 0.2) is 5.87 Å². The van der Waals surface area contributed by atoms with Crippen LogP contribution in [-0.4, -0.2) is 16.7 Å². The average molecular weight is 375 g/mol. The first kappa shape index (κ1) is 17.3. The largest absolute Gasteiger partial charge is 0.592 e. The predicted molar refractivity (Wildman–Crippen MR) is 111 cm³/mol. The SMILES string of the molecule is C=[S+]c1ccc(C2=NO/C(=C3/C=C(C)N(Cc4ccc(C)cc4)[N-]3)[N-]2)cc1. The van der Waals surface area contributed by atoms with E-state index >= 15 is 0 Å². The van der Waals surface area contributed by atoms with Gasteiger partial charge in [-0.3, -0.25) is 5.16 Å². The van der Waals surface area contributed by atoms with Gasteiger partial charge in [0.05, 0.1) is 0 Å². The van der Waals surface area contributed by atoms with E-state index in [9.17, 15) is 0 Å². The average Bonchev–Trinajstić information content (AvgIpc) is 3.31. The van der Waals surface area contributed by atoms with Gasteiger partial charge in [-0.2, -0.15) is 0 Å². The fourth-order valence-corrected chi connectivity index (χ4v) is 3.11. The normalized spacial score (nSPS) is 18.4. The summed E-state index contributed by atoms with van der Waals surface area (Å²) in [5.74, 6) is 4.78. The van der Waals surface area contributed by atoms with Crippen molar-refractivity contribution in [3.05, 3.63) is 99.3 Å². The van der Waals surface area contributed by atoms with Crippen LogP contribution in [-0.2, 0) is 22.7 Å². The molecule has 4 rings (SSSR count). The summed E-state index contributed by atoms with van der Waals surface area (Å²) in [6, 6.07) is 16.4. The fraction of sp³-hybridized carbons (Fsp3) is 0.143. The van der Waals surface area contributed by atoms with Crippen molar-refractivity contribution in [1.29, 1.82) is 0 Å². The van der Waals surface area contributed by atoms with Crippen LogP contribution in [0.2, 0.25) is 0 Å². The lowest BCUT2D eigenvalue weighted by molar-refractivity contribution is 0.250. The first-order valence-electron chi connectivity index (χ1n) is 8.59. The lowest BCUT2D eigenvalue weighted by atomic mass is 10.1. The van der Waals surface area contributed by atoms with Crippen LogP contribution in [0.1, 0.15) is 23.6 Å². The van der Waals surface area contributed by atoms with E-state index in [0.29, 0.717) is 24.0 Å². The Bertz CT molecular complexity index is 959. The topological polar surface area (TPSA) is 53.0 Å². The zero-order valence-electron chi connectivity index (χ0n) is 15.2. The van der Waals surface area contributed by atoms with Crippen molar-refractivity contribution >= 4 is 23.1 Å². The van der Waals surface area contributed by atoms with Crippen LogP contribution in [0, 0.1) is 6.92 Å². The molecular weight excluding hydrogens is 356 g/mol. The zero-order chi connectivity index (χ0) is 18.8. The third-order valence-electron chi connectivity index (χ3n) is 4.36. The molecule has 5 nitrogen and oxygen atoms in total. The van der Waals surface area contributed by atoms with Crippen molar-refractivity contribution in [3.63, 3.8) is 0 Å². The number of oxime groups is 1. The smallest absolute Gasteiger partial charge is 0.230 e. The molecule has 0 atom stereocenters. The Hall–Kier alpha value is -3.12. The van der Waals surface area contributed by atoms with E-state index in [2.05, 4.69) is 53.0 Å². The summed E-state index contributed by atoms with van der Waals surface area (Å²) >= 11 is 1.45. The molecule has 0 radical (unpaired) electrons. The van der Waals surface area contributed by atoms with Crippen LogP contribution in [0.4, 0.5) is 0 Å². The van der Waals surface area contributed by atoms with Gasteiger partial charge >= 0.3 is 0 Å². The lowest BCUT2D eigenvalue weighted by Gasteiger charge is -2.35. The molecule has 0 N–H and O–H groups in total. The maximum atomic E-state index is 5.44. The summed E-state index contributed by atoms with van der Waals surface area (Å²) in [5.41, 5.74) is 9.72. The molecule has 0 fully saturated rings. The number of nitrogens with zero attached hydrogens (tertiary/aromatic N) is 4. The molecule has 2 heterocycles. The molecule has 2 aromatic rings. The van der Waals surface area contributed by atoms with Crippen LogP contribution in [0.25, 0.3) is 10.7 Å². The van der Waals surface area contributed by atoms with Gasteiger partial charge in [-0.1, -0.05) is 41.6 Å². The van der Waals surface area contributed by atoms with Gasteiger partial charge in [-0.05, 0) is 48.6 Å². The number of amidine groups is 1. The maximum Gasteiger partial charge on any atom is 0.230 e. The lowest BCUT2D eigenvalue weighted by Crippen LogP contribution is -2.12. The molecule has 0 spiro atoms. The van der Waals surface area contributed by atoms with Gasteiger partial charge < -0.3 is 20.6 Å². The molecule has 0 aromatic heterocycles. The highest BCUT2D eigenvalue weighted by Crippen LogP contribution is 2.35. The van der Waals surface area contributed by atoms with E-state index in [0.717, 1.165) is 16.2 Å². The van der Waals surface area contributed by atoms with Gasteiger partial charge in [0.2, 0.25) is 16.2 Å². The second-order valence-electron chi connectivity index (χ2n) is 6.41. The molecule has 2 aliphatic rings. The summed E-state index contributed by atoms with van der Waals surface area (Å²) in [6.07, 6.45) is 1.97. The summed E-state index contributed by atoms with van der Waals surface area (Å²) in [5, 5.41) is 10.5. The summed E-state index contributed by atoms with van der Waals surface area (Å²) in [4.78, 5) is 6.53. The van der Waals surface area contributed by atoms with E-state index in [4.69, 9.17) is 4.84 Å². The van der Waals surface area contributed by atoms with E-state index in [1.165, 1.54) is 22.5 Å². The highest BCUT2D eigenvalue weighted by molar-refractivity contribution is 7.76. The van der Waals surface area contributed by atoms with Crippen molar-refractivity contribution in [2.45, 2.75) is 25.3 Å². The molecule has 0 aliphatic carbocycles. The molecule has 27 heavy (non-hydrogen) atoms. The Morgan fingerprint density at radius 3 is 2.52 bits per heavy atom. The predicted octanol–water partition coefficient (Wildman–Crippen LogP) is 4.81. The van der Waals surface area contributed by atoms with Crippen LogP contribution in [0.3, 0.4) is 0 Å². The van der Waals surface area contributed by atoms with E-state index in [1.807, 2.05) is 42.3 Å². The molecular formula is C21H19N4OS-. The highest BCUT2D eigenvalue weighted by atomic mass is 32.1. The monoisotopic (exact) mass is 375 g/mol. The number of hydrogen-bond acceptors (Lipinski definition) is 3. The van der Waals surface area contributed by atoms with E-state index < -0.39 is 0 Å². The van der Waals surface area contributed by atoms with E-state index in [-0.39, 0.29) is 0 Å². The van der Waals surface area contributed by atoms with Gasteiger partial charge in [0, 0.05) is 18.7 Å². The fourth-order valence-electron chi connectivity index (χ4n) is 2.79. The number of hydrogen-bond donors (Lipinski definition) is 0. The molecule has 0 unspecified atom stereocenters. The van der Waals surface area contributed by atoms with Crippen LogP contribution < -0.4 is 0 Å². The van der Waals surface area contributed by atoms with Gasteiger partial charge in [0.25, 0.3) is 0 Å². The van der Waals surface area contributed by atoms with Crippen molar-refractivity contribution in [2.75, 3.05) is 0 Å². The summed E-state index contributed by atoms with van der Waals surface area (Å²) in [6.45, 7) is 4.81. The quantitative estimate of drug-likeness (QED) is 0.569. The Labute approximate surface area is 163 Å².